The molecule has 0 saturated carbocycles. The van der Waals surface area contributed by atoms with Crippen molar-refractivity contribution in [2.24, 2.45) is 0 Å². The summed E-state index contributed by atoms with van der Waals surface area (Å²) < 4.78 is 2.19. The lowest BCUT2D eigenvalue weighted by molar-refractivity contribution is -0.131. The Morgan fingerprint density at radius 2 is 1.96 bits per heavy atom. The van der Waals surface area contributed by atoms with Crippen LogP contribution in [0.2, 0.25) is 0 Å². The van der Waals surface area contributed by atoms with E-state index in [1.807, 2.05) is 29.2 Å². The Hall–Kier alpha value is -1.74. The van der Waals surface area contributed by atoms with Gasteiger partial charge in [0.2, 0.25) is 5.91 Å². The van der Waals surface area contributed by atoms with E-state index in [1.165, 1.54) is 5.56 Å². The smallest absolute Gasteiger partial charge is 0.240 e. The van der Waals surface area contributed by atoms with Gasteiger partial charge in [-0.3, -0.25) is 4.79 Å². The molecule has 0 aliphatic heterocycles. The molecule has 0 fully saturated rings. The van der Waals surface area contributed by atoms with Crippen molar-refractivity contribution >= 4 is 17.5 Å². The highest BCUT2D eigenvalue weighted by atomic mass is 35.5. The van der Waals surface area contributed by atoms with Crippen LogP contribution in [0.1, 0.15) is 37.9 Å². The molecule has 1 amide bonds. The summed E-state index contributed by atoms with van der Waals surface area (Å²) >= 11 is 6.01. The molecule has 1 atom stereocenters. The van der Waals surface area contributed by atoms with Gasteiger partial charge >= 0.3 is 0 Å². The Morgan fingerprint density at radius 3 is 2.61 bits per heavy atom. The van der Waals surface area contributed by atoms with E-state index >= 15 is 0 Å². The van der Waals surface area contributed by atoms with Crippen LogP contribution in [0.25, 0.3) is 0 Å². The highest BCUT2D eigenvalue weighted by Crippen LogP contribution is 2.13. The maximum atomic E-state index is 12.3. The number of amides is 1. The van der Waals surface area contributed by atoms with E-state index < -0.39 is 5.38 Å². The van der Waals surface area contributed by atoms with Crippen LogP contribution in [0.3, 0.4) is 0 Å². The van der Waals surface area contributed by atoms with Crippen molar-refractivity contribution in [2.75, 3.05) is 6.54 Å². The minimum Gasteiger partial charge on any atom is -0.345 e. The lowest BCUT2D eigenvalue weighted by Crippen LogP contribution is -2.36. The molecule has 0 spiro atoms. The van der Waals surface area contributed by atoms with E-state index in [1.54, 1.807) is 6.92 Å². The number of unbranched alkanes of at least 4 members (excludes halogenated alkanes) is 1. The number of halogens is 1. The number of aromatic nitrogens is 1. The second kappa shape index (κ2) is 8.78. The van der Waals surface area contributed by atoms with Crippen molar-refractivity contribution in [3.05, 3.63) is 59.9 Å². The summed E-state index contributed by atoms with van der Waals surface area (Å²) in [6.45, 7) is 6.05. The first kappa shape index (κ1) is 17.6. The fourth-order valence-electron chi connectivity index (χ4n) is 2.59. The van der Waals surface area contributed by atoms with Crippen LogP contribution in [0.5, 0.6) is 0 Å². The fraction of sp³-hybridized carbons (Fsp3) is 0.421. The van der Waals surface area contributed by atoms with Crippen LogP contribution >= 0.6 is 11.6 Å². The van der Waals surface area contributed by atoms with Crippen LogP contribution in [-0.4, -0.2) is 27.3 Å². The number of carbonyl (C=O) groups excluding carboxylic acids is 1. The number of benzene rings is 1. The van der Waals surface area contributed by atoms with Crippen LogP contribution in [-0.2, 0) is 17.9 Å². The van der Waals surface area contributed by atoms with Gasteiger partial charge in [-0.1, -0.05) is 43.7 Å². The summed E-state index contributed by atoms with van der Waals surface area (Å²) in [5, 5.41) is -0.482. The van der Waals surface area contributed by atoms with Crippen molar-refractivity contribution < 1.29 is 4.79 Å². The van der Waals surface area contributed by atoms with Crippen molar-refractivity contribution in [3.63, 3.8) is 0 Å². The van der Waals surface area contributed by atoms with Gasteiger partial charge in [0.15, 0.2) is 0 Å². The second-order valence-corrected chi connectivity index (χ2v) is 6.50. The number of rotatable bonds is 8. The third-order valence-corrected chi connectivity index (χ3v) is 4.09. The van der Waals surface area contributed by atoms with E-state index in [9.17, 15) is 4.79 Å². The molecule has 0 saturated heterocycles. The van der Waals surface area contributed by atoms with Crippen molar-refractivity contribution in [3.8, 4) is 0 Å². The summed E-state index contributed by atoms with van der Waals surface area (Å²) in [6, 6.07) is 14.5. The molecule has 1 aromatic carbocycles. The molecule has 1 heterocycles. The summed E-state index contributed by atoms with van der Waals surface area (Å²) in [6.07, 6.45) is 4.12. The average molecular weight is 333 g/mol. The summed E-state index contributed by atoms with van der Waals surface area (Å²) in [7, 11) is 0. The maximum absolute atomic E-state index is 12.3. The zero-order chi connectivity index (χ0) is 16.7. The highest BCUT2D eigenvalue weighted by Gasteiger charge is 2.19. The minimum atomic E-state index is -0.482. The first-order chi connectivity index (χ1) is 11.1. The molecule has 0 N–H and O–H groups in total. The molecule has 0 aliphatic rings. The lowest BCUT2D eigenvalue weighted by atomic mass is 10.2. The first-order valence-corrected chi connectivity index (χ1v) is 8.66. The van der Waals surface area contributed by atoms with Gasteiger partial charge in [0, 0.05) is 25.0 Å². The summed E-state index contributed by atoms with van der Waals surface area (Å²) in [5.74, 6) is 0.00702. The van der Waals surface area contributed by atoms with Gasteiger partial charge in [0.25, 0.3) is 0 Å². The zero-order valence-corrected chi connectivity index (χ0v) is 14.7. The van der Waals surface area contributed by atoms with E-state index in [0.717, 1.165) is 31.6 Å². The average Bonchev–Trinajstić information content (AvgIpc) is 2.98. The largest absolute Gasteiger partial charge is 0.345 e. The maximum Gasteiger partial charge on any atom is 0.240 e. The van der Waals surface area contributed by atoms with Gasteiger partial charge in [-0.05, 0) is 31.0 Å². The Kier molecular flexibility index (Phi) is 6.72. The summed E-state index contributed by atoms with van der Waals surface area (Å²) in [5.41, 5.74) is 2.39. The number of hydrogen-bond acceptors (Lipinski definition) is 1. The fourth-order valence-corrected chi connectivity index (χ4v) is 2.73. The Balaban J connectivity index is 2.11. The van der Waals surface area contributed by atoms with E-state index in [2.05, 4.69) is 35.9 Å². The van der Waals surface area contributed by atoms with Crippen molar-refractivity contribution in [1.29, 1.82) is 0 Å². The van der Waals surface area contributed by atoms with Gasteiger partial charge in [0.05, 0.1) is 6.54 Å². The third kappa shape index (κ3) is 5.14. The predicted molar refractivity (Wildman–Crippen MR) is 95.6 cm³/mol. The Labute approximate surface area is 143 Å². The Morgan fingerprint density at radius 1 is 1.22 bits per heavy atom. The second-order valence-electron chi connectivity index (χ2n) is 5.84. The summed E-state index contributed by atoms with van der Waals surface area (Å²) in [4.78, 5) is 14.2. The Bertz CT molecular complexity index is 607. The lowest BCUT2D eigenvalue weighted by Gasteiger charge is -2.24. The molecule has 0 bridgehead atoms. The monoisotopic (exact) mass is 332 g/mol. The van der Waals surface area contributed by atoms with E-state index in [-0.39, 0.29) is 5.91 Å². The van der Waals surface area contributed by atoms with Crippen molar-refractivity contribution in [2.45, 2.75) is 45.2 Å². The molecule has 2 aromatic rings. The van der Waals surface area contributed by atoms with Crippen LogP contribution in [0.4, 0.5) is 0 Å². The molecule has 3 nitrogen and oxygen atoms in total. The molecular weight excluding hydrogens is 308 g/mol. The van der Waals surface area contributed by atoms with Gasteiger partial charge in [-0.25, -0.2) is 0 Å². The molecule has 0 radical (unpaired) electrons. The van der Waals surface area contributed by atoms with E-state index in [4.69, 9.17) is 11.6 Å². The minimum absolute atomic E-state index is 0.00702. The van der Waals surface area contributed by atoms with Crippen LogP contribution < -0.4 is 0 Å². The molecular formula is C19H25ClN2O. The van der Waals surface area contributed by atoms with Crippen LogP contribution in [0, 0.1) is 0 Å². The van der Waals surface area contributed by atoms with Crippen LogP contribution in [0.15, 0.2) is 48.7 Å². The number of alkyl halides is 1. The molecule has 23 heavy (non-hydrogen) atoms. The zero-order valence-electron chi connectivity index (χ0n) is 13.9. The van der Waals surface area contributed by atoms with Gasteiger partial charge in [0.1, 0.15) is 5.38 Å². The molecule has 0 aliphatic carbocycles. The van der Waals surface area contributed by atoms with Crippen molar-refractivity contribution in [1.82, 2.24) is 9.47 Å². The first-order valence-electron chi connectivity index (χ1n) is 8.22. The number of carbonyl (C=O) groups is 1. The predicted octanol–water partition coefficient (Wildman–Crippen LogP) is 4.29. The third-order valence-electron chi connectivity index (χ3n) is 3.91. The quantitative estimate of drug-likeness (QED) is 0.662. The standard InChI is InChI=1S/C19H25ClN2O/c1-3-4-12-22(19(23)16(2)20)15-18-11-8-13-21(18)14-17-9-6-5-7-10-17/h5-11,13,16H,3-4,12,14-15H2,1-2H3/t16-/m1/s1. The number of nitrogens with zero attached hydrogens (tertiary/aromatic N) is 2. The normalized spacial score (nSPS) is 12.1. The number of hydrogen-bond donors (Lipinski definition) is 0. The highest BCUT2D eigenvalue weighted by molar-refractivity contribution is 6.30. The van der Waals surface area contributed by atoms with Gasteiger partial charge in [-0.15, -0.1) is 11.6 Å². The topological polar surface area (TPSA) is 25.2 Å². The molecule has 124 valence electrons. The van der Waals surface area contributed by atoms with Gasteiger partial charge in [-0.2, -0.15) is 0 Å². The molecule has 2 rings (SSSR count). The molecule has 1 aromatic heterocycles. The van der Waals surface area contributed by atoms with E-state index in [0.29, 0.717) is 6.54 Å². The molecule has 4 heteroatoms. The molecule has 0 unspecified atom stereocenters. The SMILES string of the molecule is CCCCN(Cc1cccn1Cc1ccccc1)C(=O)[C@@H](C)Cl. The van der Waals surface area contributed by atoms with Gasteiger partial charge < -0.3 is 9.47 Å².